The second-order valence-electron chi connectivity index (χ2n) is 6.44. The Labute approximate surface area is 168 Å². The van der Waals surface area contributed by atoms with Gasteiger partial charge in [-0.2, -0.15) is 0 Å². The molecule has 0 radical (unpaired) electrons. The molecule has 1 aromatic heterocycles. The van der Waals surface area contributed by atoms with Gasteiger partial charge in [-0.3, -0.25) is 10.1 Å². The number of benzene rings is 1. The lowest BCUT2D eigenvalue weighted by Gasteiger charge is -2.09. The largest absolute Gasteiger partial charge is 0.494 e. The lowest BCUT2D eigenvalue weighted by atomic mass is 10.1. The van der Waals surface area contributed by atoms with Crippen molar-refractivity contribution < 1.29 is 23.9 Å². The lowest BCUT2D eigenvalue weighted by molar-refractivity contribution is -0.123. The first-order valence-electron chi connectivity index (χ1n) is 8.94. The molecule has 0 aliphatic heterocycles. The van der Waals surface area contributed by atoms with Gasteiger partial charge in [0.2, 0.25) is 0 Å². The van der Waals surface area contributed by atoms with Crippen molar-refractivity contribution in [3.05, 3.63) is 52.2 Å². The number of nitrogens with one attached hydrogen (secondary N) is 2. The lowest BCUT2D eigenvalue weighted by Crippen LogP contribution is -2.41. The summed E-state index contributed by atoms with van der Waals surface area (Å²) >= 11 is 1.50. The summed E-state index contributed by atoms with van der Waals surface area (Å²) in [4.78, 5) is 36.3. The van der Waals surface area contributed by atoms with Crippen LogP contribution in [0.4, 0.5) is 4.79 Å². The minimum atomic E-state index is -0.703. The number of hydrogen-bond donors (Lipinski definition) is 2. The van der Waals surface area contributed by atoms with Crippen molar-refractivity contribution in [1.29, 1.82) is 0 Å². The highest BCUT2D eigenvalue weighted by Gasteiger charge is 2.12. The number of amides is 3. The zero-order chi connectivity index (χ0) is 20.4. The fraction of sp³-hybridized carbons (Fsp3) is 0.350. The first-order valence-corrected chi connectivity index (χ1v) is 9.82. The maximum absolute atomic E-state index is 12.0. The molecule has 28 heavy (non-hydrogen) atoms. The predicted molar refractivity (Wildman–Crippen MR) is 106 cm³/mol. The van der Waals surface area contributed by atoms with E-state index < -0.39 is 24.5 Å². The van der Waals surface area contributed by atoms with Crippen LogP contribution in [-0.4, -0.2) is 31.1 Å². The molecule has 1 heterocycles. The van der Waals surface area contributed by atoms with Gasteiger partial charge in [-0.25, -0.2) is 9.59 Å². The third-order valence-electron chi connectivity index (χ3n) is 3.64. The molecule has 0 saturated heterocycles. The van der Waals surface area contributed by atoms with E-state index in [0.29, 0.717) is 30.4 Å². The second kappa shape index (κ2) is 11.1. The average Bonchev–Trinajstić information content (AvgIpc) is 3.18. The van der Waals surface area contributed by atoms with Crippen molar-refractivity contribution in [3.8, 4) is 5.75 Å². The second-order valence-corrected chi connectivity index (χ2v) is 7.47. The molecular formula is C20H24N2O5S. The van der Waals surface area contributed by atoms with Gasteiger partial charge in [0.05, 0.1) is 18.7 Å². The number of carbonyl (C=O) groups excluding carboxylic acids is 3. The van der Waals surface area contributed by atoms with E-state index in [1.165, 1.54) is 11.3 Å². The van der Waals surface area contributed by atoms with Gasteiger partial charge in [0.1, 0.15) is 5.75 Å². The molecule has 2 rings (SSSR count). The molecule has 7 nitrogen and oxygen atoms in total. The highest BCUT2D eigenvalue weighted by atomic mass is 32.1. The fourth-order valence-corrected chi connectivity index (χ4v) is 2.75. The molecule has 0 aliphatic rings. The highest BCUT2D eigenvalue weighted by Crippen LogP contribution is 2.14. The molecule has 8 heteroatoms. The Kier molecular flexibility index (Phi) is 8.48. The van der Waals surface area contributed by atoms with Gasteiger partial charge in [0, 0.05) is 4.88 Å². The minimum absolute atomic E-state index is 0.297. The molecule has 2 aromatic rings. The van der Waals surface area contributed by atoms with Crippen LogP contribution in [0.3, 0.4) is 0 Å². The van der Waals surface area contributed by atoms with E-state index in [1.807, 2.05) is 17.5 Å². The molecule has 0 unspecified atom stereocenters. The normalized spacial score (nSPS) is 10.4. The van der Waals surface area contributed by atoms with E-state index in [9.17, 15) is 14.4 Å². The van der Waals surface area contributed by atoms with Crippen molar-refractivity contribution in [2.24, 2.45) is 5.92 Å². The fourth-order valence-electron chi connectivity index (χ4n) is 2.10. The van der Waals surface area contributed by atoms with Crippen LogP contribution >= 0.6 is 11.3 Å². The molecule has 0 spiro atoms. The number of ether oxygens (including phenoxy) is 2. The summed E-state index contributed by atoms with van der Waals surface area (Å²) in [5.41, 5.74) is 0.297. The van der Waals surface area contributed by atoms with Crippen LogP contribution < -0.4 is 15.4 Å². The summed E-state index contributed by atoms with van der Waals surface area (Å²) in [6, 6.07) is 9.59. The summed E-state index contributed by atoms with van der Waals surface area (Å²) in [6.07, 6.45) is 0.944. The Morgan fingerprint density at radius 3 is 2.50 bits per heavy atom. The summed E-state index contributed by atoms with van der Waals surface area (Å²) in [5.74, 6) is -0.135. The maximum atomic E-state index is 12.0. The van der Waals surface area contributed by atoms with Crippen LogP contribution in [0, 0.1) is 5.92 Å². The molecule has 150 valence electrons. The van der Waals surface area contributed by atoms with Gasteiger partial charge in [-0.05, 0) is 48.1 Å². The van der Waals surface area contributed by atoms with Gasteiger partial charge < -0.3 is 14.8 Å². The zero-order valence-corrected chi connectivity index (χ0v) is 16.7. The monoisotopic (exact) mass is 404 g/mol. The Morgan fingerprint density at radius 2 is 1.86 bits per heavy atom. The van der Waals surface area contributed by atoms with Crippen LogP contribution in [0.15, 0.2) is 41.8 Å². The highest BCUT2D eigenvalue weighted by molar-refractivity contribution is 7.09. The molecule has 3 amide bonds. The number of imide groups is 1. The van der Waals surface area contributed by atoms with Crippen molar-refractivity contribution in [2.45, 2.75) is 26.8 Å². The van der Waals surface area contributed by atoms with Crippen LogP contribution in [-0.2, 0) is 16.1 Å². The first kappa shape index (κ1) is 21.4. The number of urea groups is 1. The first-order chi connectivity index (χ1) is 13.4. The quantitative estimate of drug-likeness (QED) is 0.625. The zero-order valence-electron chi connectivity index (χ0n) is 15.9. The summed E-state index contributed by atoms with van der Waals surface area (Å²) in [7, 11) is 0. The molecule has 0 fully saturated rings. The Bertz CT molecular complexity index is 772. The minimum Gasteiger partial charge on any atom is -0.494 e. The Hall–Kier alpha value is -2.87. The molecule has 0 bridgehead atoms. The van der Waals surface area contributed by atoms with Crippen LogP contribution in [0.5, 0.6) is 5.75 Å². The van der Waals surface area contributed by atoms with E-state index in [0.717, 1.165) is 11.3 Å². The van der Waals surface area contributed by atoms with Crippen molar-refractivity contribution in [3.63, 3.8) is 0 Å². The Balaban J connectivity index is 1.69. The van der Waals surface area contributed by atoms with E-state index in [1.54, 1.807) is 24.3 Å². The molecule has 0 aliphatic carbocycles. The van der Waals surface area contributed by atoms with Gasteiger partial charge in [-0.1, -0.05) is 19.9 Å². The molecule has 1 aromatic carbocycles. The summed E-state index contributed by atoms with van der Waals surface area (Å²) < 4.78 is 10.5. The smallest absolute Gasteiger partial charge is 0.338 e. The van der Waals surface area contributed by atoms with Gasteiger partial charge in [0.15, 0.2) is 6.61 Å². The predicted octanol–water partition coefficient (Wildman–Crippen LogP) is 3.36. The van der Waals surface area contributed by atoms with E-state index >= 15 is 0 Å². The van der Waals surface area contributed by atoms with Crippen molar-refractivity contribution in [2.75, 3.05) is 13.2 Å². The van der Waals surface area contributed by atoms with Crippen molar-refractivity contribution in [1.82, 2.24) is 10.6 Å². The third kappa shape index (κ3) is 7.79. The molecule has 2 N–H and O–H groups in total. The molecule has 0 saturated carbocycles. The van der Waals surface area contributed by atoms with Crippen LogP contribution in [0.25, 0.3) is 0 Å². The SMILES string of the molecule is CC(C)CCOc1ccc(C(=O)OCC(=O)NC(=O)NCc2cccs2)cc1. The summed E-state index contributed by atoms with van der Waals surface area (Å²) in [6.45, 7) is 4.62. The average molecular weight is 404 g/mol. The van der Waals surface area contributed by atoms with Gasteiger partial charge in [-0.15, -0.1) is 11.3 Å². The van der Waals surface area contributed by atoms with E-state index in [-0.39, 0.29) is 0 Å². The number of thiophene rings is 1. The summed E-state index contributed by atoms with van der Waals surface area (Å²) in [5, 5.41) is 6.55. The number of esters is 1. The van der Waals surface area contributed by atoms with Crippen LogP contribution in [0.2, 0.25) is 0 Å². The maximum Gasteiger partial charge on any atom is 0.338 e. The third-order valence-corrected chi connectivity index (χ3v) is 4.52. The van der Waals surface area contributed by atoms with Crippen LogP contribution in [0.1, 0.15) is 35.5 Å². The van der Waals surface area contributed by atoms with Gasteiger partial charge >= 0.3 is 12.0 Å². The number of rotatable bonds is 9. The number of hydrogen-bond acceptors (Lipinski definition) is 6. The van der Waals surface area contributed by atoms with Gasteiger partial charge in [0.25, 0.3) is 5.91 Å². The Morgan fingerprint density at radius 1 is 1.11 bits per heavy atom. The molecule has 0 atom stereocenters. The standard InChI is InChI=1S/C20H24N2O5S/c1-14(2)9-10-26-16-7-5-15(6-8-16)19(24)27-13-18(23)22-20(25)21-12-17-4-3-11-28-17/h3-8,11,14H,9-10,12-13H2,1-2H3,(H2,21,22,23,25). The number of carbonyl (C=O) groups is 3. The van der Waals surface area contributed by atoms with E-state index in [4.69, 9.17) is 9.47 Å². The molecular weight excluding hydrogens is 380 g/mol. The topological polar surface area (TPSA) is 93.7 Å². The van der Waals surface area contributed by atoms with Crippen molar-refractivity contribution >= 4 is 29.2 Å². The van der Waals surface area contributed by atoms with E-state index in [2.05, 4.69) is 24.5 Å².